The first kappa shape index (κ1) is 15.8. The van der Waals surface area contributed by atoms with Gasteiger partial charge in [0.2, 0.25) is 5.91 Å². The second-order valence-electron chi connectivity index (χ2n) is 6.00. The van der Waals surface area contributed by atoms with E-state index in [1.54, 1.807) is 18.3 Å². The zero-order valence-electron chi connectivity index (χ0n) is 14.0. The topological polar surface area (TPSA) is 90.9 Å². The third-order valence-electron chi connectivity index (χ3n) is 4.10. The molecule has 0 unspecified atom stereocenters. The Balaban J connectivity index is 1.74. The standard InChI is InChI=1S/C20H16N4O2/c1-12(25)22-16-6-2-13(3-7-16)15-10-18-19(23-24-20(18)21-11-15)14-4-8-17(26)9-5-14/h2-11,26H,1H3,(H,22,25)(H,21,23,24). The van der Waals surface area contributed by atoms with E-state index < -0.39 is 0 Å². The van der Waals surface area contributed by atoms with Gasteiger partial charge in [-0.1, -0.05) is 12.1 Å². The van der Waals surface area contributed by atoms with Crippen molar-refractivity contribution in [2.45, 2.75) is 6.92 Å². The molecule has 0 fully saturated rings. The van der Waals surface area contributed by atoms with E-state index in [-0.39, 0.29) is 11.7 Å². The zero-order chi connectivity index (χ0) is 18.1. The summed E-state index contributed by atoms with van der Waals surface area (Å²) in [6, 6.07) is 16.6. The number of H-pyrrole nitrogens is 1. The van der Waals surface area contributed by atoms with Crippen molar-refractivity contribution < 1.29 is 9.90 Å². The van der Waals surface area contributed by atoms with E-state index in [1.165, 1.54) is 6.92 Å². The van der Waals surface area contributed by atoms with E-state index >= 15 is 0 Å². The quantitative estimate of drug-likeness (QED) is 0.525. The van der Waals surface area contributed by atoms with Crippen molar-refractivity contribution in [3.8, 4) is 28.1 Å². The van der Waals surface area contributed by atoms with Gasteiger partial charge in [-0.3, -0.25) is 9.89 Å². The first-order chi connectivity index (χ1) is 12.6. The number of phenols is 1. The number of benzene rings is 2. The number of phenolic OH excluding ortho intramolecular Hbond substituents is 1. The smallest absolute Gasteiger partial charge is 0.221 e. The Morgan fingerprint density at radius 3 is 2.38 bits per heavy atom. The number of pyridine rings is 1. The van der Waals surface area contributed by atoms with Crippen molar-refractivity contribution in [3.05, 3.63) is 60.8 Å². The van der Waals surface area contributed by atoms with Crippen molar-refractivity contribution >= 4 is 22.6 Å². The second-order valence-corrected chi connectivity index (χ2v) is 6.00. The van der Waals surface area contributed by atoms with Gasteiger partial charge in [0, 0.05) is 35.3 Å². The van der Waals surface area contributed by atoms with E-state index in [2.05, 4.69) is 20.5 Å². The average molecular weight is 344 g/mol. The number of hydrogen-bond acceptors (Lipinski definition) is 4. The lowest BCUT2D eigenvalue weighted by Crippen LogP contribution is -2.05. The lowest BCUT2D eigenvalue weighted by atomic mass is 10.0. The fourth-order valence-corrected chi connectivity index (χ4v) is 2.85. The number of fused-ring (bicyclic) bond motifs is 1. The molecule has 6 heteroatoms. The molecule has 2 heterocycles. The SMILES string of the molecule is CC(=O)Nc1ccc(-c2cnc3n[nH]c(-c4ccc(O)cc4)c3c2)cc1. The normalized spacial score (nSPS) is 10.8. The summed E-state index contributed by atoms with van der Waals surface area (Å²) in [6.45, 7) is 1.48. The largest absolute Gasteiger partial charge is 0.508 e. The number of nitrogens with zero attached hydrogens (tertiary/aromatic N) is 2. The van der Waals surface area contributed by atoms with Crippen molar-refractivity contribution in [2.75, 3.05) is 5.32 Å². The monoisotopic (exact) mass is 344 g/mol. The molecule has 6 nitrogen and oxygen atoms in total. The minimum atomic E-state index is -0.0993. The van der Waals surface area contributed by atoms with Crippen LogP contribution in [-0.2, 0) is 4.79 Å². The van der Waals surface area contributed by atoms with Crippen LogP contribution in [0.15, 0.2) is 60.8 Å². The molecule has 0 aliphatic rings. The number of carbonyl (C=O) groups is 1. The Kier molecular flexibility index (Phi) is 3.85. The summed E-state index contributed by atoms with van der Waals surface area (Å²) in [5, 5.41) is 20.4. The lowest BCUT2D eigenvalue weighted by molar-refractivity contribution is -0.114. The van der Waals surface area contributed by atoms with Crippen LogP contribution < -0.4 is 5.32 Å². The lowest BCUT2D eigenvalue weighted by Gasteiger charge is -2.05. The molecule has 128 valence electrons. The average Bonchev–Trinajstić information content (AvgIpc) is 3.06. The van der Waals surface area contributed by atoms with Crippen LogP contribution in [0.5, 0.6) is 5.75 Å². The van der Waals surface area contributed by atoms with E-state index in [9.17, 15) is 9.90 Å². The summed E-state index contributed by atoms with van der Waals surface area (Å²) >= 11 is 0. The van der Waals surface area contributed by atoms with Gasteiger partial charge in [0.05, 0.1) is 5.69 Å². The Morgan fingerprint density at radius 1 is 1.00 bits per heavy atom. The highest BCUT2D eigenvalue weighted by atomic mass is 16.3. The minimum Gasteiger partial charge on any atom is -0.508 e. The highest BCUT2D eigenvalue weighted by molar-refractivity contribution is 5.93. The number of amides is 1. The highest BCUT2D eigenvalue weighted by Crippen LogP contribution is 2.30. The molecule has 0 radical (unpaired) electrons. The minimum absolute atomic E-state index is 0.0993. The van der Waals surface area contributed by atoms with Gasteiger partial charge in [0.25, 0.3) is 0 Å². The van der Waals surface area contributed by atoms with Gasteiger partial charge in [0.15, 0.2) is 5.65 Å². The number of aromatic hydroxyl groups is 1. The molecule has 26 heavy (non-hydrogen) atoms. The maximum absolute atomic E-state index is 11.1. The van der Waals surface area contributed by atoms with Crippen LogP contribution in [0.3, 0.4) is 0 Å². The van der Waals surface area contributed by atoms with Crippen LogP contribution in [0.4, 0.5) is 5.69 Å². The third kappa shape index (κ3) is 3.00. The summed E-state index contributed by atoms with van der Waals surface area (Å²) in [5.74, 6) is 0.119. The molecule has 0 aliphatic carbocycles. The molecular formula is C20H16N4O2. The number of aromatic amines is 1. The van der Waals surface area contributed by atoms with Crippen molar-refractivity contribution in [2.24, 2.45) is 0 Å². The predicted molar refractivity (Wildman–Crippen MR) is 101 cm³/mol. The third-order valence-corrected chi connectivity index (χ3v) is 4.10. The molecule has 1 amide bonds. The first-order valence-electron chi connectivity index (χ1n) is 8.12. The molecule has 4 aromatic rings. The molecule has 0 saturated heterocycles. The molecule has 0 bridgehead atoms. The van der Waals surface area contributed by atoms with Gasteiger partial charge in [-0.25, -0.2) is 4.98 Å². The molecule has 0 spiro atoms. The summed E-state index contributed by atoms with van der Waals surface area (Å²) in [7, 11) is 0. The van der Waals surface area contributed by atoms with Gasteiger partial charge < -0.3 is 10.4 Å². The van der Waals surface area contributed by atoms with E-state index in [4.69, 9.17) is 0 Å². The Hall–Kier alpha value is -3.67. The van der Waals surface area contributed by atoms with E-state index in [0.29, 0.717) is 5.65 Å². The molecule has 3 N–H and O–H groups in total. The van der Waals surface area contributed by atoms with Crippen LogP contribution in [-0.4, -0.2) is 26.2 Å². The number of anilines is 1. The summed E-state index contributed by atoms with van der Waals surface area (Å²) < 4.78 is 0. The van der Waals surface area contributed by atoms with Gasteiger partial charge >= 0.3 is 0 Å². The summed E-state index contributed by atoms with van der Waals surface area (Å²) in [5.41, 5.74) is 5.10. The Bertz CT molecular complexity index is 1080. The zero-order valence-corrected chi connectivity index (χ0v) is 14.0. The molecule has 0 aliphatic heterocycles. The first-order valence-corrected chi connectivity index (χ1v) is 8.12. The van der Waals surface area contributed by atoms with Gasteiger partial charge in [-0.15, -0.1) is 0 Å². The Morgan fingerprint density at radius 2 is 1.69 bits per heavy atom. The van der Waals surface area contributed by atoms with Crippen LogP contribution >= 0.6 is 0 Å². The molecule has 2 aromatic heterocycles. The predicted octanol–water partition coefficient (Wildman–Crippen LogP) is 3.96. The fraction of sp³-hybridized carbons (Fsp3) is 0.0500. The number of aromatic nitrogens is 3. The van der Waals surface area contributed by atoms with Gasteiger partial charge in [-0.05, 0) is 48.0 Å². The fourth-order valence-electron chi connectivity index (χ4n) is 2.85. The van der Waals surface area contributed by atoms with Crippen LogP contribution in [0.25, 0.3) is 33.4 Å². The maximum Gasteiger partial charge on any atom is 0.221 e. The summed E-state index contributed by atoms with van der Waals surface area (Å²) in [6.07, 6.45) is 1.77. The van der Waals surface area contributed by atoms with Crippen LogP contribution in [0.2, 0.25) is 0 Å². The highest BCUT2D eigenvalue weighted by Gasteiger charge is 2.10. The van der Waals surface area contributed by atoms with Gasteiger partial charge in [-0.2, -0.15) is 5.10 Å². The maximum atomic E-state index is 11.1. The second kappa shape index (κ2) is 6.33. The molecule has 4 rings (SSSR count). The van der Waals surface area contributed by atoms with Crippen molar-refractivity contribution in [1.82, 2.24) is 15.2 Å². The van der Waals surface area contributed by atoms with E-state index in [0.717, 1.165) is 33.5 Å². The number of hydrogen-bond donors (Lipinski definition) is 3. The molecule has 2 aromatic carbocycles. The number of rotatable bonds is 3. The molecular weight excluding hydrogens is 328 g/mol. The van der Waals surface area contributed by atoms with E-state index in [1.807, 2.05) is 42.5 Å². The number of carbonyl (C=O) groups excluding carboxylic acids is 1. The van der Waals surface area contributed by atoms with Crippen LogP contribution in [0, 0.1) is 0 Å². The van der Waals surface area contributed by atoms with Crippen LogP contribution in [0.1, 0.15) is 6.92 Å². The van der Waals surface area contributed by atoms with Gasteiger partial charge in [0.1, 0.15) is 5.75 Å². The Labute approximate surface area is 149 Å². The molecule has 0 saturated carbocycles. The molecule has 0 atom stereocenters. The van der Waals surface area contributed by atoms with Crippen molar-refractivity contribution in [1.29, 1.82) is 0 Å². The number of nitrogens with one attached hydrogen (secondary N) is 2. The summed E-state index contributed by atoms with van der Waals surface area (Å²) in [4.78, 5) is 15.6. The van der Waals surface area contributed by atoms with Crippen molar-refractivity contribution in [3.63, 3.8) is 0 Å².